The van der Waals surface area contributed by atoms with Gasteiger partial charge in [0.1, 0.15) is 0 Å². The Labute approximate surface area is 242 Å². The van der Waals surface area contributed by atoms with Crippen LogP contribution >= 0.6 is 0 Å². The maximum absolute atomic E-state index is 12.5. The highest BCUT2D eigenvalue weighted by Gasteiger charge is 2.30. The second-order valence-corrected chi connectivity index (χ2v) is 9.11. The SMILES string of the molecule is CCOC(=O)c1cc(Cc2ccc(C(F)(F)F)cc2)[nH]n1.CCOC(=O)c1cc(Cc2ccc(C(F)(F)F)cc2)n(C)n1. The molecule has 0 amide bonds. The Morgan fingerprint density at radius 3 is 1.67 bits per heavy atom. The van der Waals surface area contributed by atoms with Gasteiger partial charge in [-0.15, -0.1) is 0 Å². The first-order valence-corrected chi connectivity index (χ1v) is 12.9. The molecule has 0 radical (unpaired) electrons. The average Bonchev–Trinajstić information content (AvgIpc) is 3.56. The van der Waals surface area contributed by atoms with E-state index in [1.807, 2.05) is 0 Å². The summed E-state index contributed by atoms with van der Waals surface area (Å²) in [4.78, 5) is 23.0. The number of benzene rings is 2. The van der Waals surface area contributed by atoms with E-state index in [0.29, 0.717) is 35.4 Å². The predicted octanol–water partition coefficient (Wildman–Crippen LogP) is 6.40. The summed E-state index contributed by atoms with van der Waals surface area (Å²) in [6.07, 6.45) is -7.96. The fourth-order valence-electron chi connectivity index (χ4n) is 3.79. The Kier molecular flexibility index (Phi) is 10.7. The van der Waals surface area contributed by atoms with Crippen LogP contribution in [-0.2, 0) is 41.7 Å². The summed E-state index contributed by atoms with van der Waals surface area (Å²) in [7, 11) is 1.67. The van der Waals surface area contributed by atoms with Crippen LogP contribution in [0.2, 0.25) is 0 Å². The molecule has 14 heteroatoms. The summed E-state index contributed by atoms with van der Waals surface area (Å²) in [6, 6.07) is 12.9. The van der Waals surface area contributed by atoms with Crippen molar-refractivity contribution in [3.63, 3.8) is 0 Å². The smallest absolute Gasteiger partial charge is 0.416 e. The fraction of sp³-hybridized carbons (Fsp3) is 0.310. The van der Waals surface area contributed by atoms with E-state index in [4.69, 9.17) is 9.47 Å². The molecule has 0 fully saturated rings. The first-order valence-electron chi connectivity index (χ1n) is 12.9. The number of alkyl halides is 6. The summed E-state index contributed by atoms with van der Waals surface area (Å²) in [5, 5.41) is 10.5. The molecule has 2 aromatic heterocycles. The van der Waals surface area contributed by atoms with E-state index in [1.165, 1.54) is 35.0 Å². The lowest BCUT2D eigenvalue weighted by molar-refractivity contribution is -0.138. The zero-order valence-electron chi connectivity index (χ0n) is 23.3. The molecule has 230 valence electrons. The van der Waals surface area contributed by atoms with Crippen LogP contribution in [0.1, 0.15) is 68.5 Å². The lowest BCUT2D eigenvalue weighted by Gasteiger charge is -2.07. The molecule has 4 rings (SSSR count). The van der Waals surface area contributed by atoms with Crippen LogP contribution in [0.15, 0.2) is 60.7 Å². The van der Waals surface area contributed by atoms with Crippen molar-refractivity contribution in [2.45, 2.75) is 39.0 Å². The molecule has 0 spiro atoms. The third-order valence-electron chi connectivity index (χ3n) is 5.92. The topological polar surface area (TPSA) is 99.1 Å². The molecule has 0 aliphatic rings. The molecule has 43 heavy (non-hydrogen) atoms. The number of hydrogen-bond acceptors (Lipinski definition) is 6. The number of esters is 2. The lowest BCUT2D eigenvalue weighted by Crippen LogP contribution is -2.06. The Hall–Kier alpha value is -4.62. The first kappa shape index (κ1) is 32.9. The van der Waals surface area contributed by atoms with E-state index in [0.717, 1.165) is 24.3 Å². The number of aromatic nitrogens is 4. The van der Waals surface area contributed by atoms with Crippen LogP contribution in [0.25, 0.3) is 0 Å². The third-order valence-corrected chi connectivity index (χ3v) is 5.92. The van der Waals surface area contributed by atoms with Gasteiger partial charge in [-0.2, -0.15) is 36.5 Å². The minimum atomic E-state index is -4.35. The normalized spacial score (nSPS) is 11.5. The van der Waals surface area contributed by atoms with E-state index >= 15 is 0 Å². The summed E-state index contributed by atoms with van der Waals surface area (Å²) >= 11 is 0. The van der Waals surface area contributed by atoms with Gasteiger partial charge in [-0.3, -0.25) is 9.78 Å². The quantitative estimate of drug-likeness (QED) is 0.183. The highest BCUT2D eigenvalue weighted by atomic mass is 19.4. The van der Waals surface area contributed by atoms with Gasteiger partial charge < -0.3 is 9.47 Å². The van der Waals surface area contributed by atoms with E-state index in [9.17, 15) is 35.9 Å². The molecule has 0 unspecified atom stereocenters. The molecule has 4 aromatic rings. The van der Waals surface area contributed by atoms with Gasteiger partial charge >= 0.3 is 24.3 Å². The minimum absolute atomic E-state index is 0.152. The Balaban J connectivity index is 0.000000236. The van der Waals surface area contributed by atoms with Crippen molar-refractivity contribution >= 4 is 11.9 Å². The first-order chi connectivity index (χ1) is 20.2. The molecule has 2 aromatic carbocycles. The van der Waals surface area contributed by atoms with E-state index in [2.05, 4.69) is 15.3 Å². The summed E-state index contributed by atoms with van der Waals surface area (Å²) < 4.78 is 86.0. The predicted molar refractivity (Wildman–Crippen MR) is 142 cm³/mol. The largest absolute Gasteiger partial charge is 0.461 e. The van der Waals surface area contributed by atoms with Gasteiger partial charge in [0, 0.05) is 31.3 Å². The highest BCUT2D eigenvalue weighted by Crippen LogP contribution is 2.30. The van der Waals surface area contributed by atoms with Gasteiger partial charge in [0.05, 0.1) is 24.3 Å². The summed E-state index contributed by atoms with van der Waals surface area (Å²) in [5.41, 5.74) is 1.68. The van der Waals surface area contributed by atoms with Gasteiger partial charge in [0.15, 0.2) is 11.4 Å². The van der Waals surface area contributed by atoms with Crippen molar-refractivity contribution < 1.29 is 45.4 Å². The standard InChI is InChI=1S/C15H15F3N2O2.C14H13F3N2O2/c1-3-22-14(21)13-9-12(20(2)19-13)8-10-4-6-11(7-5-10)15(16,17)18;1-2-21-13(20)12-8-11(18-19-12)7-9-3-5-10(6-4-9)14(15,16)17/h4-7,9H,3,8H2,1-2H3;3-6,8H,2,7H2,1H3,(H,18,19). The van der Waals surface area contributed by atoms with Crippen LogP contribution in [0.3, 0.4) is 0 Å². The number of aromatic amines is 1. The molecule has 8 nitrogen and oxygen atoms in total. The third kappa shape index (κ3) is 9.45. The Morgan fingerprint density at radius 2 is 1.21 bits per heavy atom. The number of halogens is 6. The van der Waals surface area contributed by atoms with Crippen molar-refractivity contribution in [2.24, 2.45) is 7.05 Å². The van der Waals surface area contributed by atoms with Gasteiger partial charge in [-0.05, 0) is 61.4 Å². The molecule has 0 atom stereocenters. The van der Waals surface area contributed by atoms with Gasteiger partial charge in [-0.1, -0.05) is 24.3 Å². The van der Waals surface area contributed by atoms with E-state index < -0.39 is 35.4 Å². The number of carbonyl (C=O) groups is 2. The van der Waals surface area contributed by atoms with Crippen molar-refractivity contribution in [2.75, 3.05) is 13.2 Å². The van der Waals surface area contributed by atoms with Crippen molar-refractivity contribution in [1.29, 1.82) is 0 Å². The molecule has 0 saturated heterocycles. The van der Waals surface area contributed by atoms with Crippen LogP contribution in [0.4, 0.5) is 26.3 Å². The summed E-state index contributed by atoms with van der Waals surface area (Å²) in [5.74, 6) is -1.05. The van der Waals surface area contributed by atoms with Gasteiger partial charge in [-0.25, -0.2) is 9.59 Å². The fourth-order valence-corrected chi connectivity index (χ4v) is 3.79. The molecular formula is C29H28F6N4O4. The maximum atomic E-state index is 12.5. The minimum Gasteiger partial charge on any atom is -0.461 e. The molecule has 1 N–H and O–H groups in total. The monoisotopic (exact) mass is 610 g/mol. The van der Waals surface area contributed by atoms with Crippen molar-refractivity contribution in [3.8, 4) is 0 Å². The van der Waals surface area contributed by atoms with Gasteiger partial charge in [0.25, 0.3) is 0 Å². The van der Waals surface area contributed by atoms with Crippen LogP contribution in [0.5, 0.6) is 0 Å². The number of H-pyrrole nitrogens is 1. The number of nitrogens with one attached hydrogen (secondary N) is 1. The summed E-state index contributed by atoms with van der Waals surface area (Å²) in [6.45, 7) is 3.89. The number of carbonyl (C=O) groups excluding carboxylic acids is 2. The van der Waals surface area contributed by atoms with Crippen molar-refractivity contribution in [3.05, 3.63) is 106 Å². The lowest BCUT2D eigenvalue weighted by atomic mass is 10.1. The zero-order chi connectivity index (χ0) is 31.8. The van der Waals surface area contributed by atoms with Crippen molar-refractivity contribution in [1.82, 2.24) is 20.0 Å². The number of rotatable bonds is 8. The Morgan fingerprint density at radius 1 is 0.744 bits per heavy atom. The second kappa shape index (κ2) is 14.0. The zero-order valence-corrected chi connectivity index (χ0v) is 23.3. The van der Waals surface area contributed by atoms with E-state index in [1.54, 1.807) is 27.0 Å². The molecule has 0 aliphatic carbocycles. The van der Waals surface area contributed by atoms with Crippen LogP contribution in [0, 0.1) is 0 Å². The molecule has 0 saturated carbocycles. The maximum Gasteiger partial charge on any atom is 0.416 e. The van der Waals surface area contributed by atoms with Crippen LogP contribution in [-0.4, -0.2) is 45.1 Å². The Bertz CT molecular complexity index is 1510. The van der Waals surface area contributed by atoms with Crippen LogP contribution < -0.4 is 0 Å². The number of ether oxygens (including phenoxy) is 2. The number of nitrogens with zero attached hydrogens (tertiary/aromatic N) is 3. The number of hydrogen-bond donors (Lipinski definition) is 1. The van der Waals surface area contributed by atoms with Gasteiger partial charge in [0.2, 0.25) is 0 Å². The highest BCUT2D eigenvalue weighted by molar-refractivity contribution is 5.87. The molecular weight excluding hydrogens is 582 g/mol. The molecule has 2 heterocycles. The van der Waals surface area contributed by atoms with E-state index in [-0.39, 0.29) is 24.6 Å². The molecule has 0 bridgehead atoms. The molecule has 0 aliphatic heterocycles. The average molecular weight is 611 g/mol. The second-order valence-electron chi connectivity index (χ2n) is 9.11. The number of aryl methyl sites for hydroxylation is 1.